The number of nitrogen functional groups attached to an aromatic ring is 1. The van der Waals surface area contributed by atoms with Crippen LogP contribution in [0.4, 0.5) is 23.0 Å². The zero-order valence-corrected chi connectivity index (χ0v) is 11.3. The van der Waals surface area contributed by atoms with Gasteiger partial charge in [0.2, 0.25) is 0 Å². The summed E-state index contributed by atoms with van der Waals surface area (Å²) in [6.45, 7) is 3.02. The van der Waals surface area contributed by atoms with Crippen molar-refractivity contribution in [1.82, 2.24) is 9.97 Å². The molecule has 0 unspecified atom stereocenters. The van der Waals surface area contributed by atoms with Crippen LogP contribution >= 0.6 is 0 Å². The number of rotatable bonds is 5. The van der Waals surface area contributed by atoms with Gasteiger partial charge in [-0.15, -0.1) is 0 Å². The van der Waals surface area contributed by atoms with Crippen LogP contribution in [0.1, 0.15) is 13.3 Å². The monoisotopic (exact) mass is 257 g/mol. The molecule has 5 nitrogen and oxygen atoms in total. The second-order valence-corrected chi connectivity index (χ2v) is 4.34. The number of nitrogens with two attached hydrogens (primary N) is 1. The lowest BCUT2D eigenvalue weighted by Gasteiger charge is -2.19. The Morgan fingerprint density at radius 1 is 1.26 bits per heavy atom. The number of aromatic nitrogens is 2. The van der Waals surface area contributed by atoms with Crippen LogP contribution in [0.15, 0.2) is 36.7 Å². The summed E-state index contributed by atoms with van der Waals surface area (Å²) in [5.41, 5.74) is 7.54. The average molecular weight is 257 g/mol. The number of nitrogens with one attached hydrogen (secondary N) is 1. The van der Waals surface area contributed by atoms with Gasteiger partial charge < -0.3 is 16.0 Å². The molecule has 0 amide bonds. The van der Waals surface area contributed by atoms with Crippen LogP contribution in [0.5, 0.6) is 0 Å². The van der Waals surface area contributed by atoms with Crippen molar-refractivity contribution in [2.75, 3.05) is 29.5 Å². The van der Waals surface area contributed by atoms with Crippen molar-refractivity contribution in [3.63, 3.8) is 0 Å². The molecule has 0 bridgehead atoms. The van der Waals surface area contributed by atoms with Crippen LogP contribution in [-0.4, -0.2) is 23.6 Å². The van der Waals surface area contributed by atoms with Crippen LogP contribution in [0.2, 0.25) is 0 Å². The number of hydrogen-bond donors (Lipinski definition) is 2. The quantitative estimate of drug-likeness (QED) is 0.806. The van der Waals surface area contributed by atoms with E-state index in [4.69, 9.17) is 5.73 Å². The van der Waals surface area contributed by atoms with Crippen molar-refractivity contribution < 1.29 is 0 Å². The van der Waals surface area contributed by atoms with Crippen LogP contribution in [0.25, 0.3) is 0 Å². The van der Waals surface area contributed by atoms with Gasteiger partial charge in [-0.3, -0.25) is 0 Å². The fraction of sp³-hybridized carbons (Fsp3) is 0.286. The predicted octanol–water partition coefficient (Wildman–Crippen LogP) is 2.65. The molecule has 0 fully saturated rings. The molecule has 3 N–H and O–H groups in total. The molecular weight excluding hydrogens is 238 g/mol. The largest absolute Gasteiger partial charge is 0.399 e. The van der Waals surface area contributed by atoms with E-state index in [0.29, 0.717) is 0 Å². The molecule has 0 aliphatic heterocycles. The molecule has 0 spiro atoms. The number of hydrogen-bond acceptors (Lipinski definition) is 5. The van der Waals surface area contributed by atoms with E-state index in [0.717, 1.165) is 36.0 Å². The first-order valence-corrected chi connectivity index (χ1v) is 6.36. The molecule has 0 aliphatic carbocycles. The maximum atomic E-state index is 5.80. The van der Waals surface area contributed by atoms with Gasteiger partial charge in [-0.25, -0.2) is 9.97 Å². The molecule has 1 aromatic heterocycles. The maximum Gasteiger partial charge on any atom is 0.138 e. The van der Waals surface area contributed by atoms with Gasteiger partial charge in [0.15, 0.2) is 0 Å². The molecule has 0 radical (unpaired) electrons. The molecule has 0 saturated carbocycles. The van der Waals surface area contributed by atoms with E-state index < -0.39 is 0 Å². The molecular formula is C14H19N5. The van der Waals surface area contributed by atoms with E-state index in [-0.39, 0.29) is 0 Å². The summed E-state index contributed by atoms with van der Waals surface area (Å²) in [6, 6.07) is 9.64. The van der Waals surface area contributed by atoms with Gasteiger partial charge in [0.25, 0.3) is 0 Å². The first-order chi connectivity index (χ1) is 9.20. The third-order valence-electron chi connectivity index (χ3n) is 2.81. The highest BCUT2D eigenvalue weighted by Crippen LogP contribution is 2.24. The molecule has 1 aromatic carbocycles. The van der Waals surface area contributed by atoms with Crippen molar-refractivity contribution in [2.24, 2.45) is 0 Å². The molecule has 5 heteroatoms. The van der Waals surface area contributed by atoms with Gasteiger partial charge in [0.05, 0.1) is 0 Å². The lowest BCUT2D eigenvalue weighted by Crippen LogP contribution is -2.12. The van der Waals surface area contributed by atoms with Gasteiger partial charge in [-0.05, 0) is 24.6 Å². The molecule has 100 valence electrons. The SMILES string of the molecule is CCCNc1cc(N(C)c2cccc(N)c2)ncn1. The maximum absolute atomic E-state index is 5.80. The Morgan fingerprint density at radius 3 is 2.84 bits per heavy atom. The normalized spacial score (nSPS) is 10.2. The fourth-order valence-electron chi connectivity index (χ4n) is 1.75. The fourth-order valence-corrected chi connectivity index (χ4v) is 1.75. The Balaban J connectivity index is 2.21. The number of anilines is 4. The number of benzene rings is 1. The lowest BCUT2D eigenvalue weighted by atomic mass is 10.2. The highest BCUT2D eigenvalue weighted by atomic mass is 15.2. The minimum Gasteiger partial charge on any atom is -0.399 e. The van der Waals surface area contributed by atoms with Crippen LogP contribution in [-0.2, 0) is 0 Å². The van der Waals surface area contributed by atoms with Gasteiger partial charge in [-0.2, -0.15) is 0 Å². The van der Waals surface area contributed by atoms with Crippen molar-refractivity contribution in [2.45, 2.75) is 13.3 Å². The molecule has 2 rings (SSSR count). The molecule has 1 heterocycles. The van der Waals surface area contributed by atoms with Crippen LogP contribution in [0, 0.1) is 0 Å². The summed E-state index contributed by atoms with van der Waals surface area (Å²) in [5.74, 6) is 1.67. The van der Waals surface area contributed by atoms with Gasteiger partial charge in [0.1, 0.15) is 18.0 Å². The van der Waals surface area contributed by atoms with Crippen molar-refractivity contribution in [3.8, 4) is 0 Å². The summed E-state index contributed by atoms with van der Waals surface area (Å²) in [4.78, 5) is 10.5. The first kappa shape index (κ1) is 13.1. The average Bonchev–Trinajstić information content (AvgIpc) is 2.44. The Labute approximate surface area is 113 Å². The van der Waals surface area contributed by atoms with E-state index in [1.54, 1.807) is 6.33 Å². The highest BCUT2D eigenvalue weighted by Gasteiger charge is 2.06. The standard InChI is InChI=1S/C14H19N5/c1-3-7-16-13-9-14(18-10-17-13)19(2)12-6-4-5-11(15)8-12/h4-6,8-10H,3,7,15H2,1-2H3,(H,16,17,18). The topological polar surface area (TPSA) is 67.1 Å². The van der Waals surface area contributed by atoms with E-state index in [9.17, 15) is 0 Å². The van der Waals surface area contributed by atoms with E-state index >= 15 is 0 Å². The summed E-state index contributed by atoms with van der Waals surface area (Å²) in [5, 5.41) is 3.25. The smallest absolute Gasteiger partial charge is 0.138 e. The molecule has 0 aliphatic rings. The molecule has 2 aromatic rings. The Morgan fingerprint density at radius 2 is 2.11 bits per heavy atom. The second-order valence-electron chi connectivity index (χ2n) is 4.34. The summed E-state index contributed by atoms with van der Waals surface area (Å²) in [6.07, 6.45) is 2.63. The predicted molar refractivity (Wildman–Crippen MR) is 79.7 cm³/mol. The summed E-state index contributed by atoms with van der Waals surface area (Å²) >= 11 is 0. The van der Waals surface area contributed by atoms with Gasteiger partial charge >= 0.3 is 0 Å². The van der Waals surface area contributed by atoms with Crippen molar-refractivity contribution in [1.29, 1.82) is 0 Å². The third-order valence-corrected chi connectivity index (χ3v) is 2.81. The Bertz CT molecular complexity index is 541. The zero-order chi connectivity index (χ0) is 13.7. The lowest BCUT2D eigenvalue weighted by molar-refractivity contribution is 0.962. The molecule has 19 heavy (non-hydrogen) atoms. The summed E-state index contributed by atoms with van der Waals surface area (Å²) in [7, 11) is 1.96. The van der Waals surface area contributed by atoms with E-state index in [1.807, 2.05) is 42.3 Å². The van der Waals surface area contributed by atoms with Crippen molar-refractivity contribution in [3.05, 3.63) is 36.7 Å². The summed E-state index contributed by atoms with van der Waals surface area (Å²) < 4.78 is 0. The molecule has 0 atom stereocenters. The van der Waals surface area contributed by atoms with E-state index in [2.05, 4.69) is 22.2 Å². The zero-order valence-electron chi connectivity index (χ0n) is 11.3. The van der Waals surface area contributed by atoms with Gasteiger partial charge in [-0.1, -0.05) is 13.0 Å². The second kappa shape index (κ2) is 6.04. The minimum atomic E-state index is 0.739. The minimum absolute atomic E-state index is 0.739. The van der Waals surface area contributed by atoms with Crippen LogP contribution in [0.3, 0.4) is 0 Å². The molecule has 0 saturated heterocycles. The highest BCUT2D eigenvalue weighted by molar-refractivity contribution is 5.64. The van der Waals surface area contributed by atoms with Crippen molar-refractivity contribution >= 4 is 23.0 Å². The van der Waals surface area contributed by atoms with Gasteiger partial charge in [0, 0.05) is 31.0 Å². The van der Waals surface area contributed by atoms with Crippen LogP contribution < -0.4 is 16.0 Å². The van der Waals surface area contributed by atoms with E-state index in [1.165, 1.54) is 0 Å². The Hall–Kier alpha value is -2.30. The third kappa shape index (κ3) is 3.34. The number of nitrogens with zero attached hydrogens (tertiary/aromatic N) is 3. The first-order valence-electron chi connectivity index (χ1n) is 6.36. The Kier molecular flexibility index (Phi) is 4.18.